The summed E-state index contributed by atoms with van der Waals surface area (Å²) < 4.78 is 0. The van der Waals surface area contributed by atoms with Gasteiger partial charge in [0.2, 0.25) is 0 Å². The maximum Gasteiger partial charge on any atom is 0.139 e. The van der Waals surface area contributed by atoms with Crippen molar-refractivity contribution in [2.75, 3.05) is 5.32 Å². The summed E-state index contributed by atoms with van der Waals surface area (Å²) in [5, 5.41) is 13.2. The number of rotatable bonds is 3. The molecule has 0 fully saturated rings. The van der Waals surface area contributed by atoms with Crippen molar-refractivity contribution >= 4 is 34.7 Å². The van der Waals surface area contributed by atoms with Gasteiger partial charge in [0.15, 0.2) is 0 Å². The van der Waals surface area contributed by atoms with Crippen LogP contribution in [0.5, 0.6) is 0 Å². The van der Waals surface area contributed by atoms with Crippen molar-refractivity contribution < 1.29 is 5.11 Å². The smallest absolute Gasteiger partial charge is 0.139 e. The molecule has 0 amide bonds. The Kier molecular flexibility index (Phi) is 3.78. The summed E-state index contributed by atoms with van der Waals surface area (Å²) in [5.74, 6) is 0.520. The Hall–Kier alpha value is -1.36. The molecular weight excluding hydrogens is 261 g/mol. The van der Waals surface area contributed by atoms with E-state index in [1.165, 1.54) is 6.33 Å². The standard InChI is InChI=1S/C11H9Cl2N3O/c12-8-1-2-10(9(13)3-8)16-11-7(5-17)4-14-6-15-11/h1-4,6,17H,5H2,(H,14,15,16). The van der Waals surface area contributed by atoms with Gasteiger partial charge in [-0.3, -0.25) is 0 Å². The highest BCUT2D eigenvalue weighted by atomic mass is 35.5. The molecule has 0 aliphatic rings. The van der Waals surface area contributed by atoms with E-state index in [1.807, 2.05) is 0 Å². The molecule has 0 saturated heterocycles. The number of hydrogen-bond donors (Lipinski definition) is 2. The van der Waals surface area contributed by atoms with Crippen LogP contribution in [0.2, 0.25) is 10.0 Å². The average Bonchev–Trinajstić information content (AvgIpc) is 2.33. The molecule has 0 bridgehead atoms. The molecule has 0 aliphatic carbocycles. The fourth-order valence-electron chi connectivity index (χ4n) is 1.31. The van der Waals surface area contributed by atoms with E-state index < -0.39 is 0 Å². The van der Waals surface area contributed by atoms with Crippen molar-refractivity contribution in [1.82, 2.24) is 9.97 Å². The third-order valence-electron chi connectivity index (χ3n) is 2.14. The largest absolute Gasteiger partial charge is 0.391 e. The van der Waals surface area contributed by atoms with E-state index in [9.17, 15) is 0 Å². The number of hydrogen-bond acceptors (Lipinski definition) is 4. The fraction of sp³-hybridized carbons (Fsp3) is 0.0909. The summed E-state index contributed by atoms with van der Waals surface area (Å²) in [6.07, 6.45) is 2.93. The van der Waals surface area contributed by atoms with Crippen LogP contribution in [0.4, 0.5) is 11.5 Å². The summed E-state index contributed by atoms with van der Waals surface area (Å²) in [6.45, 7) is -0.144. The molecule has 17 heavy (non-hydrogen) atoms. The van der Waals surface area contributed by atoms with Crippen molar-refractivity contribution in [3.63, 3.8) is 0 Å². The van der Waals surface area contributed by atoms with E-state index >= 15 is 0 Å². The predicted molar refractivity (Wildman–Crippen MR) is 67.7 cm³/mol. The summed E-state index contributed by atoms with van der Waals surface area (Å²) in [4.78, 5) is 7.86. The van der Waals surface area contributed by atoms with Crippen molar-refractivity contribution in [3.05, 3.63) is 46.3 Å². The molecule has 2 aromatic rings. The van der Waals surface area contributed by atoms with E-state index in [-0.39, 0.29) is 6.61 Å². The van der Waals surface area contributed by atoms with Gasteiger partial charge in [-0.1, -0.05) is 23.2 Å². The lowest BCUT2D eigenvalue weighted by atomic mass is 10.3. The third-order valence-corrected chi connectivity index (χ3v) is 2.69. The Morgan fingerprint density at radius 2 is 2.12 bits per heavy atom. The first-order valence-corrected chi connectivity index (χ1v) is 5.58. The lowest BCUT2D eigenvalue weighted by Crippen LogP contribution is -2.00. The van der Waals surface area contributed by atoms with Crippen LogP contribution in [-0.4, -0.2) is 15.1 Å². The first-order chi connectivity index (χ1) is 8.20. The molecular formula is C11H9Cl2N3O. The molecule has 6 heteroatoms. The van der Waals surface area contributed by atoms with Gasteiger partial charge in [-0.2, -0.15) is 0 Å². The Morgan fingerprint density at radius 3 is 2.82 bits per heavy atom. The highest BCUT2D eigenvalue weighted by Gasteiger charge is 2.06. The van der Waals surface area contributed by atoms with Gasteiger partial charge < -0.3 is 10.4 Å². The van der Waals surface area contributed by atoms with Crippen molar-refractivity contribution in [3.8, 4) is 0 Å². The minimum absolute atomic E-state index is 0.144. The number of benzene rings is 1. The van der Waals surface area contributed by atoms with E-state index in [0.29, 0.717) is 27.1 Å². The second-order valence-corrected chi connectivity index (χ2v) is 4.15. The number of aliphatic hydroxyl groups excluding tert-OH is 1. The maximum absolute atomic E-state index is 9.14. The zero-order valence-electron chi connectivity index (χ0n) is 8.69. The highest BCUT2D eigenvalue weighted by molar-refractivity contribution is 6.36. The molecule has 2 rings (SSSR count). The van der Waals surface area contributed by atoms with Gasteiger partial charge in [0.25, 0.3) is 0 Å². The first-order valence-electron chi connectivity index (χ1n) is 4.82. The van der Waals surface area contributed by atoms with E-state index in [4.69, 9.17) is 28.3 Å². The maximum atomic E-state index is 9.14. The van der Waals surface area contributed by atoms with Crippen LogP contribution in [0.15, 0.2) is 30.7 Å². The number of halogens is 2. The zero-order chi connectivity index (χ0) is 12.3. The number of nitrogens with one attached hydrogen (secondary N) is 1. The lowest BCUT2D eigenvalue weighted by molar-refractivity contribution is 0.281. The molecule has 0 aliphatic heterocycles. The Bertz CT molecular complexity index is 534. The summed E-state index contributed by atoms with van der Waals surface area (Å²) in [7, 11) is 0. The van der Waals surface area contributed by atoms with E-state index in [0.717, 1.165) is 0 Å². The average molecular weight is 270 g/mol. The van der Waals surface area contributed by atoms with Crippen LogP contribution < -0.4 is 5.32 Å². The molecule has 88 valence electrons. The van der Waals surface area contributed by atoms with Crippen LogP contribution in [-0.2, 0) is 6.61 Å². The first kappa shape index (κ1) is 12.1. The Balaban J connectivity index is 2.31. The zero-order valence-corrected chi connectivity index (χ0v) is 10.2. The van der Waals surface area contributed by atoms with Gasteiger partial charge in [0, 0.05) is 16.8 Å². The Labute approximate surface area is 108 Å². The van der Waals surface area contributed by atoms with Crippen LogP contribution >= 0.6 is 23.2 Å². The van der Waals surface area contributed by atoms with Gasteiger partial charge in [0.1, 0.15) is 12.1 Å². The fourth-order valence-corrected chi connectivity index (χ4v) is 1.76. The third kappa shape index (κ3) is 2.85. The molecule has 0 spiro atoms. The van der Waals surface area contributed by atoms with Crippen LogP contribution in [0.25, 0.3) is 0 Å². The number of aromatic nitrogens is 2. The molecule has 0 saturated carbocycles. The normalized spacial score (nSPS) is 10.3. The second-order valence-electron chi connectivity index (χ2n) is 3.30. The Morgan fingerprint density at radius 1 is 1.29 bits per heavy atom. The van der Waals surface area contributed by atoms with E-state index in [1.54, 1.807) is 24.4 Å². The topological polar surface area (TPSA) is 58.0 Å². The predicted octanol–water partition coefficient (Wildman–Crippen LogP) is 3.02. The summed E-state index contributed by atoms with van der Waals surface area (Å²) in [5.41, 5.74) is 1.27. The molecule has 1 aromatic carbocycles. The lowest BCUT2D eigenvalue weighted by Gasteiger charge is -2.10. The van der Waals surface area contributed by atoms with Crippen molar-refractivity contribution in [2.45, 2.75) is 6.61 Å². The van der Waals surface area contributed by atoms with Crippen LogP contribution in [0.1, 0.15) is 5.56 Å². The van der Waals surface area contributed by atoms with Crippen molar-refractivity contribution in [2.24, 2.45) is 0 Å². The molecule has 0 unspecified atom stereocenters. The van der Waals surface area contributed by atoms with E-state index in [2.05, 4.69) is 15.3 Å². The molecule has 4 nitrogen and oxygen atoms in total. The van der Waals surface area contributed by atoms with Crippen molar-refractivity contribution in [1.29, 1.82) is 0 Å². The van der Waals surface area contributed by atoms with Gasteiger partial charge in [-0.05, 0) is 18.2 Å². The molecule has 0 atom stereocenters. The number of anilines is 2. The number of aliphatic hydroxyl groups is 1. The van der Waals surface area contributed by atoms with Crippen LogP contribution in [0.3, 0.4) is 0 Å². The van der Waals surface area contributed by atoms with Gasteiger partial charge in [-0.25, -0.2) is 9.97 Å². The molecule has 1 heterocycles. The number of nitrogens with zero attached hydrogens (tertiary/aromatic N) is 2. The minimum atomic E-state index is -0.144. The highest BCUT2D eigenvalue weighted by Crippen LogP contribution is 2.28. The SMILES string of the molecule is OCc1cncnc1Nc1ccc(Cl)cc1Cl. The monoisotopic (exact) mass is 269 g/mol. The van der Waals surface area contributed by atoms with Gasteiger partial charge in [0.05, 0.1) is 17.3 Å². The summed E-state index contributed by atoms with van der Waals surface area (Å²) >= 11 is 11.8. The molecule has 2 N–H and O–H groups in total. The van der Waals surface area contributed by atoms with Gasteiger partial charge >= 0.3 is 0 Å². The minimum Gasteiger partial charge on any atom is -0.391 e. The molecule has 1 aromatic heterocycles. The van der Waals surface area contributed by atoms with Crippen LogP contribution in [0, 0.1) is 0 Å². The second kappa shape index (κ2) is 5.31. The molecule has 0 radical (unpaired) electrons. The quantitative estimate of drug-likeness (QED) is 0.900. The summed E-state index contributed by atoms with van der Waals surface area (Å²) in [6, 6.07) is 5.09. The van der Waals surface area contributed by atoms with Gasteiger partial charge in [-0.15, -0.1) is 0 Å².